The highest BCUT2D eigenvalue weighted by Crippen LogP contribution is 2.66. The second-order valence-electron chi connectivity index (χ2n) is 9.20. The van der Waals surface area contributed by atoms with Crippen LogP contribution in [0.4, 0.5) is 0 Å². The van der Waals surface area contributed by atoms with Crippen LogP contribution < -0.4 is 0 Å². The van der Waals surface area contributed by atoms with Gasteiger partial charge in [0, 0.05) is 0 Å². The topological polar surface area (TPSA) is 0 Å². The van der Waals surface area contributed by atoms with E-state index in [0.717, 1.165) is 29.1 Å². The molecule has 0 saturated heterocycles. The average molecular weight is 272 g/mol. The third kappa shape index (κ3) is 1.72. The summed E-state index contributed by atoms with van der Waals surface area (Å²) < 4.78 is 0. The molecule has 0 radical (unpaired) electrons. The predicted molar refractivity (Wildman–Crippen MR) is 85.5 cm³/mol. The molecule has 0 aromatic carbocycles. The maximum absolute atomic E-state index is 4.30. The molecule has 0 aliphatic heterocycles. The third-order valence-electron chi connectivity index (χ3n) is 8.40. The zero-order valence-electron chi connectivity index (χ0n) is 13.6. The summed E-state index contributed by atoms with van der Waals surface area (Å²) in [5.74, 6) is 4.16. The lowest BCUT2D eigenvalue weighted by Gasteiger charge is -2.60. The van der Waals surface area contributed by atoms with Crippen LogP contribution in [-0.4, -0.2) is 0 Å². The van der Waals surface area contributed by atoms with E-state index in [0.29, 0.717) is 5.41 Å². The molecule has 4 rings (SSSR count). The van der Waals surface area contributed by atoms with Gasteiger partial charge in [0.05, 0.1) is 0 Å². The first-order chi connectivity index (χ1) is 9.53. The van der Waals surface area contributed by atoms with Gasteiger partial charge >= 0.3 is 0 Å². The summed E-state index contributed by atoms with van der Waals surface area (Å²) in [6.45, 7) is 9.59. The van der Waals surface area contributed by atoms with Crippen molar-refractivity contribution in [2.75, 3.05) is 0 Å². The van der Waals surface area contributed by atoms with Gasteiger partial charge < -0.3 is 0 Å². The molecule has 0 amide bonds. The maximum atomic E-state index is 4.30. The highest BCUT2D eigenvalue weighted by Gasteiger charge is 2.57. The fourth-order valence-electron chi connectivity index (χ4n) is 7.15. The van der Waals surface area contributed by atoms with Crippen LogP contribution in [0.25, 0.3) is 0 Å². The summed E-state index contributed by atoms with van der Waals surface area (Å²) in [5.41, 5.74) is 2.93. The summed E-state index contributed by atoms with van der Waals surface area (Å²) in [5, 5.41) is 0. The first kappa shape index (κ1) is 13.4. The van der Waals surface area contributed by atoms with Gasteiger partial charge in [0.15, 0.2) is 0 Å². The largest absolute Gasteiger partial charge is 0.0999 e. The van der Waals surface area contributed by atoms with Crippen LogP contribution in [0.3, 0.4) is 0 Å². The molecule has 0 aromatic rings. The van der Waals surface area contributed by atoms with E-state index in [-0.39, 0.29) is 0 Å². The van der Waals surface area contributed by atoms with Crippen molar-refractivity contribution in [2.45, 2.75) is 78.1 Å². The predicted octanol–water partition coefficient (Wildman–Crippen LogP) is 5.98. The van der Waals surface area contributed by atoms with Gasteiger partial charge in [0.25, 0.3) is 0 Å². The highest BCUT2D eigenvalue weighted by atomic mass is 14.6. The van der Waals surface area contributed by atoms with Crippen LogP contribution in [0.1, 0.15) is 78.1 Å². The fourth-order valence-corrected chi connectivity index (χ4v) is 7.15. The number of hydrogen-bond acceptors (Lipinski definition) is 0. The Kier molecular flexibility index (Phi) is 2.93. The van der Waals surface area contributed by atoms with Crippen molar-refractivity contribution in [3.05, 3.63) is 12.2 Å². The van der Waals surface area contributed by atoms with E-state index in [1.807, 2.05) is 0 Å². The van der Waals surface area contributed by atoms with E-state index in [4.69, 9.17) is 0 Å². The molecule has 0 heteroatoms. The van der Waals surface area contributed by atoms with Gasteiger partial charge in [-0.15, -0.1) is 0 Å². The van der Waals surface area contributed by atoms with E-state index >= 15 is 0 Å². The zero-order chi connectivity index (χ0) is 14.0. The molecule has 20 heavy (non-hydrogen) atoms. The van der Waals surface area contributed by atoms with Gasteiger partial charge in [-0.1, -0.05) is 32.4 Å². The first-order valence-corrected chi connectivity index (χ1v) is 9.20. The molecule has 0 spiro atoms. The summed E-state index contributed by atoms with van der Waals surface area (Å²) in [7, 11) is 0. The molecule has 4 aliphatic carbocycles. The van der Waals surface area contributed by atoms with Crippen molar-refractivity contribution >= 4 is 0 Å². The number of rotatable bonds is 0. The Hall–Kier alpha value is -0.260. The van der Waals surface area contributed by atoms with Crippen molar-refractivity contribution in [3.8, 4) is 0 Å². The standard InChI is InChI=1S/C20H32/c1-14-8-12-20(3)15(13-14)6-7-16-17-5-4-10-19(17,2)11-9-18(16)20/h15-18H,1,4-13H2,2-3H3/t15-,16-,17+,18+,19-,20-/m0/s1. The third-order valence-corrected chi connectivity index (χ3v) is 8.40. The monoisotopic (exact) mass is 272 g/mol. The van der Waals surface area contributed by atoms with Gasteiger partial charge in [0.2, 0.25) is 0 Å². The molecule has 0 N–H and O–H groups in total. The molecular formula is C20H32. The van der Waals surface area contributed by atoms with Crippen molar-refractivity contribution in [2.24, 2.45) is 34.5 Å². The van der Waals surface area contributed by atoms with Gasteiger partial charge in [0.1, 0.15) is 0 Å². The molecule has 6 atom stereocenters. The molecule has 0 nitrogen and oxygen atoms in total. The lowest BCUT2D eigenvalue weighted by atomic mass is 9.45. The minimum Gasteiger partial charge on any atom is -0.0999 e. The molecular weight excluding hydrogens is 240 g/mol. The molecule has 0 heterocycles. The molecule has 4 aliphatic rings. The minimum absolute atomic E-state index is 0.661. The summed E-state index contributed by atoms with van der Waals surface area (Å²) >= 11 is 0. The minimum atomic E-state index is 0.661. The van der Waals surface area contributed by atoms with Crippen LogP contribution >= 0.6 is 0 Å². The maximum Gasteiger partial charge on any atom is -0.0260 e. The summed E-state index contributed by atoms with van der Waals surface area (Å²) in [4.78, 5) is 0. The lowest BCUT2D eigenvalue weighted by Crippen LogP contribution is -2.51. The molecule has 0 unspecified atom stereocenters. The van der Waals surface area contributed by atoms with Crippen LogP contribution in [-0.2, 0) is 0 Å². The normalized spacial score (nSPS) is 55.0. The van der Waals surface area contributed by atoms with Crippen LogP contribution in [0.5, 0.6) is 0 Å². The SMILES string of the molecule is C=C1CC[C@@]2(C)[C@@H](CC[C@H]3[C@H]4CCC[C@@]4(C)CC[C@H]32)C1. The molecule has 112 valence electrons. The van der Waals surface area contributed by atoms with Gasteiger partial charge in [-0.05, 0) is 92.3 Å². The van der Waals surface area contributed by atoms with E-state index in [1.54, 1.807) is 18.4 Å². The van der Waals surface area contributed by atoms with E-state index < -0.39 is 0 Å². The molecule has 0 bridgehead atoms. The van der Waals surface area contributed by atoms with Crippen molar-refractivity contribution in [1.29, 1.82) is 0 Å². The second kappa shape index (κ2) is 4.37. The Morgan fingerprint density at radius 3 is 2.65 bits per heavy atom. The molecule has 0 aromatic heterocycles. The Balaban J connectivity index is 1.64. The summed E-state index contributed by atoms with van der Waals surface area (Å²) in [6, 6.07) is 0. The fraction of sp³-hybridized carbons (Fsp3) is 0.900. The van der Waals surface area contributed by atoms with Gasteiger partial charge in [-0.2, -0.15) is 0 Å². The number of hydrogen-bond donors (Lipinski definition) is 0. The van der Waals surface area contributed by atoms with Crippen molar-refractivity contribution in [1.82, 2.24) is 0 Å². The van der Waals surface area contributed by atoms with Gasteiger partial charge in [-0.3, -0.25) is 0 Å². The average Bonchev–Trinajstić information content (AvgIpc) is 2.81. The lowest BCUT2D eigenvalue weighted by molar-refractivity contribution is -0.0963. The Morgan fingerprint density at radius 2 is 1.80 bits per heavy atom. The molecule has 4 fully saturated rings. The number of fused-ring (bicyclic) bond motifs is 5. The molecule has 4 saturated carbocycles. The van der Waals surface area contributed by atoms with E-state index in [2.05, 4.69) is 20.4 Å². The Morgan fingerprint density at radius 1 is 0.950 bits per heavy atom. The van der Waals surface area contributed by atoms with Crippen LogP contribution in [0.2, 0.25) is 0 Å². The Bertz CT molecular complexity index is 422. The zero-order valence-corrected chi connectivity index (χ0v) is 13.6. The Labute approximate surface area is 125 Å². The van der Waals surface area contributed by atoms with Gasteiger partial charge in [-0.25, -0.2) is 0 Å². The van der Waals surface area contributed by atoms with E-state index in [9.17, 15) is 0 Å². The smallest absolute Gasteiger partial charge is 0.0260 e. The van der Waals surface area contributed by atoms with Crippen LogP contribution in [0.15, 0.2) is 12.2 Å². The second-order valence-corrected chi connectivity index (χ2v) is 9.20. The van der Waals surface area contributed by atoms with Crippen molar-refractivity contribution in [3.63, 3.8) is 0 Å². The first-order valence-electron chi connectivity index (χ1n) is 9.20. The van der Waals surface area contributed by atoms with E-state index in [1.165, 1.54) is 51.4 Å². The highest BCUT2D eigenvalue weighted by molar-refractivity contribution is 5.12. The quantitative estimate of drug-likeness (QED) is 0.476. The summed E-state index contributed by atoms with van der Waals surface area (Å²) in [6.07, 6.45) is 14.8. The van der Waals surface area contributed by atoms with Crippen LogP contribution in [0, 0.1) is 34.5 Å². The number of allylic oxidation sites excluding steroid dienone is 1. The van der Waals surface area contributed by atoms with Crippen molar-refractivity contribution < 1.29 is 0 Å².